The van der Waals surface area contributed by atoms with Gasteiger partial charge in [-0.05, 0) is 6.42 Å². The number of hydrogen-bond acceptors (Lipinski definition) is 2. The van der Waals surface area contributed by atoms with E-state index in [1.165, 1.54) is 44.4 Å². The van der Waals surface area contributed by atoms with E-state index in [-0.39, 0.29) is 0 Å². The van der Waals surface area contributed by atoms with Crippen LogP contribution < -0.4 is 0 Å². The van der Waals surface area contributed by atoms with E-state index < -0.39 is 11.9 Å². The highest BCUT2D eigenvalue weighted by Gasteiger charge is 1.95. The average molecular weight is 256 g/mol. The van der Waals surface area contributed by atoms with E-state index in [4.69, 9.17) is 15.0 Å². The molecule has 0 aliphatic rings. The maximum Gasteiger partial charge on any atom is 0.381 e. The zero-order chi connectivity index (χ0) is 14.2. The summed E-state index contributed by atoms with van der Waals surface area (Å²) in [7, 11) is 0. The molecule has 0 atom stereocenters. The normalized spacial score (nSPS) is 8.89. The highest BCUT2D eigenvalue weighted by atomic mass is 16.4. The molecule has 4 heteroatoms. The molecule has 0 saturated carbocycles. The van der Waals surface area contributed by atoms with E-state index in [0.29, 0.717) is 6.42 Å². The number of rotatable bonds is 9. The molecule has 2 N–H and O–H groups in total. The predicted molar refractivity (Wildman–Crippen MR) is 71.3 cm³/mol. The molecule has 0 aliphatic carbocycles. The highest BCUT2D eigenvalue weighted by molar-refractivity contribution is 5.85. The summed E-state index contributed by atoms with van der Waals surface area (Å²) < 4.78 is 0. The van der Waals surface area contributed by atoms with Crippen LogP contribution in [-0.4, -0.2) is 22.2 Å². The Hall–Kier alpha value is -1.50. The van der Waals surface area contributed by atoms with Crippen molar-refractivity contribution in [2.45, 2.75) is 64.7 Å². The van der Waals surface area contributed by atoms with Crippen LogP contribution in [0.1, 0.15) is 64.7 Å². The third kappa shape index (κ3) is 24.0. The number of terminal acetylenes is 1. The molecule has 0 radical (unpaired) electrons. The third-order valence-electron chi connectivity index (χ3n) is 2.37. The summed E-state index contributed by atoms with van der Waals surface area (Å²) in [4.78, 5) is 19.3. The lowest BCUT2D eigenvalue weighted by Gasteiger charge is -1.99. The molecular formula is C14H24O4. The molecule has 4 nitrogen and oxygen atoms in total. The number of hydrogen-bond donors (Lipinski definition) is 2. The van der Waals surface area contributed by atoms with Crippen LogP contribution in [0.15, 0.2) is 0 Å². The Kier molecular flexibility index (Phi) is 16.2. The fourth-order valence-corrected chi connectivity index (χ4v) is 1.41. The molecule has 0 fully saturated rings. The molecule has 0 unspecified atom stereocenters. The first-order valence-electron chi connectivity index (χ1n) is 6.45. The molecule has 0 aromatic carbocycles. The fourth-order valence-electron chi connectivity index (χ4n) is 1.41. The minimum atomic E-state index is -1.22. The highest BCUT2D eigenvalue weighted by Crippen LogP contribution is 2.09. The Labute approximate surface area is 109 Å². The van der Waals surface area contributed by atoms with Gasteiger partial charge in [-0.25, -0.2) is 4.79 Å². The fraction of sp³-hybridized carbons (Fsp3) is 0.714. The summed E-state index contributed by atoms with van der Waals surface area (Å²) in [5.74, 6) is -0.434. The predicted octanol–water partition coefficient (Wildman–Crippen LogP) is 3.31. The smallest absolute Gasteiger partial charge is 0.381 e. The summed E-state index contributed by atoms with van der Waals surface area (Å²) in [5, 5.41) is 15.9. The van der Waals surface area contributed by atoms with Gasteiger partial charge >= 0.3 is 11.9 Å². The first-order valence-corrected chi connectivity index (χ1v) is 6.45. The second kappa shape index (κ2) is 15.5. The van der Waals surface area contributed by atoms with Crippen molar-refractivity contribution in [3.05, 3.63) is 0 Å². The Morgan fingerprint density at radius 3 is 1.67 bits per heavy atom. The van der Waals surface area contributed by atoms with Crippen molar-refractivity contribution in [1.82, 2.24) is 0 Å². The van der Waals surface area contributed by atoms with Crippen molar-refractivity contribution >= 4 is 11.9 Å². The van der Waals surface area contributed by atoms with Crippen LogP contribution in [0.3, 0.4) is 0 Å². The maximum atomic E-state index is 10.2. The van der Waals surface area contributed by atoms with Crippen LogP contribution in [-0.2, 0) is 9.59 Å². The molecule has 0 amide bonds. The van der Waals surface area contributed by atoms with Crippen molar-refractivity contribution in [1.29, 1.82) is 0 Å². The minimum Gasteiger partial charge on any atom is -0.481 e. The first-order chi connectivity index (χ1) is 8.54. The van der Waals surface area contributed by atoms with Gasteiger partial charge in [-0.2, -0.15) is 0 Å². The monoisotopic (exact) mass is 256 g/mol. The Bertz CT molecular complexity index is 253. The summed E-state index contributed by atoms with van der Waals surface area (Å²) in [6.07, 6.45) is 14.4. The molecule has 104 valence electrons. The van der Waals surface area contributed by atoms with E-state index in [2.05, 4.69) is 13.3 Å². The Morgan fingerprint density at radius 1 is 0.944 bits per heavy atom. The van der Waals surface area contributed by atoms with Crippen LogP contribution >= 0.6 is 0 Å². The van der Waals surface area contributed by atoms with Crippen LogP contribution in [0, 0.1) is 12.3 Å². The van der Waals surface area contributed by atoms with Crippen LogP contribution in [0.5, 0.6) is 0 Å². The SMILES string of the molecule is C#CC(=O)O.CCCCCCCCCCC(=O)O. The number of unbranched alkanes of at least 4 members (excludes halogenated alkanes) is 7. The van der Waals surface area contributed by atoms with E-state index in [0.717, 1.165) is 12.8 Å². The Morgan fingerprint density at radius 2 is 1.33 bits per heavy atom. The largest absolute Gasteiger partial charge is 0.481 e. The van der Waals surface area contributed by atoms with E-state index in [1.807, 2.05) is 0 Å². The molecule has 0 heterocycles. The molecule has 0 rings (SSSR count). The van der Waals surface area contributed by atoms with Crippen molar-refractivity contribution in [2.75, 3.05) is 0 Å². The van der Waals surface area contributed by atoms with Gasteiger partial charge in [-0.3, -0.25) is 4.79 Å². The molecule has 0 aromatic rings. The van der Waals surface area contributed by atoms with Gasteiger partial charge in [0.25, 0.3) is 0 Å². The standard InChI is InChI=1S/C11H22O2.C3H2O2/c1-2-3-4-5-6-7-8-9-10-11(12)13;1-2-3(4)5/h2-10H2,1H3,(H,12,13);1H,(H,4,5). The quantitative estimate of drug-likeness (QED) is 0.490. The van der Waals surface area contributed by atoms with Gasteiger partial charge < -0.3 is 10.2 Å². The zero-order valence-corrected chi connectivity index (χ0v) is 11.2. The maximum absolute atomic E-state index is 10.2. The summed E-state index contributed by atoms with van der Waals surface area (Å²) in [5.41, 5.74) is 0. The van der Waals surface area contributed by atoms with Crippen molar-refractivity contribution < 1.29 is 19.8 Å². The summed E-state index contributed by atoms with van der Waals surface area (Å²) >= 11 is 0. The molecular weight excluding hydrogens is 232 g/mol. The number of aliphatic carboxylic acids is 2. The second-order valence-corrected chi connectivity index (χ2v) is 4.07. The zero-order valence-electron chi connectivity index (χ0n) is 11.2. The Balaban J connectivity index is 0. The van der Waals surface area contributed by atoms with Gasteiger partial charge in [-0.15, -0.1) is 6.42 Å². The van der Waals surface area contributed by atoms with Crippen molar-refractivity contribution in [3.63, 3.8) is 0 Å². The van der Waals surface area contributed by atoms with Gasteiger partial charge in [0.05, 0.1) is 0 Å². The number of carbonyl (C=O) groups is 2. The molecule has 0 spiro atoms. The molecule has 0 aromatic heterocycles. The van der Waals surface area contributed by atoms with Gasteiger partial charge in [0.2, 0.25) is 0 Å². The van der Waals surface area contributed by atoms with Crippen LogP contribution in [0.4, 0.5) is 0 Å². The summed E-state index contributed by atoms with van der Waals surface area (Å²) in [6, 6.07) is 0. The third-order valence-corrected chi connectivity index (χ3v) is 2.37. The van der Waals surface area contributed by atoms with Gasteiger partial charge in [0.1, 0.15) is 0 Å². The van der Waals surface area contributed by atoms with E-state index >= 15 is 0 Å². The van der Waals surface area contributed by atoms with Gasteiger partial charge in [0, 0.05) is 12.3 Å². The van der Waals surface area contributed by atoms with Crippen LogP contribution in [0.25, 0.3) is 0 Å². The minimum absolute atomic E-state index is 0.342. The number of carboxylic acids is 2. The lowest BCUT2D eigenvalue weighted by molar-refractivity contribution is -0.137. The van der Waals surface area contributed by atoms with Crippen LogP contribution in [0.2, 0.25) is 0 Å². The average Bonchev–Trinajstić information content (AvgIpc) is 2.33. The van der Waals surface area contributed by atoms with Gasteiger partial charge in [0.15, 0.2) is 0 Å². The van der Waals surface area contributed by atoms with Crippen molar-refractivity contribution in [2.24, 2.45) is 0 Å². The van der Waals surface area contributed by atoms with Gasteiger partial charge in [-0.1, -0.05) is 51.9 Å². The molecule has 0 saturated heterocycles. The number of carboxylic acid groups (broad SMARTS) is 2. The van der Waals surface area contributed by atoms with E-state index in [1.54, 1.807) is 0 Å². The second-order valence-electron chi connectivity index (χ2n) is 4.07. The lowest BCUT2D eigenvalue weighted by Crippen LogP contribution is -1.93. The van der Waals surface area contributed by atoms with Crippen molar-refractivity contribution in [3.8, 4) is 12.3 Å². The molecule has 0 aliphatic heterocycles. The molecule has 0 bridgehead atoms. The lowest BCUT2D eigenvalue weighted by atomic mass is 10.1. The first kappa shape index (κ1) is 18.9. The molecule has 18 heavy (non-hydrogen) atoms. The summed E-state index contributed by atoms with van der Waals surface area (Å²) in [6.45, 7) is 2.22. The van der Waals surface area contributed by atoms with E-state index in [9.17, 15) is 4.79 Å². The topological polar surface area (TPSA) is 74.6 Å².